The highest BCUT2D eigenvalue weighted by Crippen LogP contribution is 2.38. The summed E-state index contributed by atoms with van der Waals surface area (Å²) in [6.07, 6.45) is 1.13. The van der Waals surface area contributed by atoms with E-state index in [-0.39, 0.29) is 29.7 Å². The molecule has 2 aromatic carbocycles. The van der Waals surface area contributed by atoms with Gasteiger partial charge in [-0.25, -0.2) is 21.6 Å². The number of nitrogens with one attached hydrogen (secondary N) is 2. The predicted octanol–water partition coefficient (Wildman–Crippen LogP) is 2.01. The topological polar surface area (TPSA) is 134 Å². The van der Waals surface area contributed by atoms with Crippen molar-refractivity contribution in [3.8, 4) is 5.75 Å². The second kappa shape index (κ2) is 11.9. The van der Waals surface area contributed by atoms with Crippen molar-refractivity contribution in [2.75, 3.05) is 39.9 Å². The maximum atomic E-state index is 13.2. The Balaban J connectivity index is 1.24. The van der Waals surface area contributed by atoms with Crippen molar-refractivity contribution in [2.24, 2.45) is 0 Å². The van der Waals surface area contributed by atoms with E-state index in [4.69, 9.17) is 9.47 Å². The minimum Gasteiger partial charge on any atom is -0.491 e. The fraction of sp³-hybridized carbons (Fsp3) is 0.520. The quantitative estimate of drug-likeness (QED) is 0.363. The molecule has 0 aromatic heterocycles. The molecular formula is C25H34BrN3O7S2. The number of piperidine rings is 1. The van der Waals surface area contributed by atoms with Gasteiger partial charge < -0.3 is 19.9 Å². The average Bonchev–Trinajstić information content (AvgIpc) is 3.30. The molecule has 13 heteroatoms. The molecule has 4 rings (SSSR count). The van der Waals surface area contributed by atoms with E-state index in [9.17, 15) is 21.9 Å². The van der Waals surface area contributed by atoms with E-state index in [0.717, 1.165) is 10.9 Å². The lowest BCUT2D eigenvalue weighted by molar-refractivity contribution is -0.0312. The van der Waals surface area contributed by atoms with Crippen molar-refractivity contribution in [2.45, 2.75) is 53.7 Å². The Morgan fingerprint density at radius 1 is 1.18 bits per heavy atom. The molecule has 0 radical (unpaired) electrons. The minimum atomic E-state index is -3.59. The van der Waals surface area contributed by atoms with Crippen LogP contribution < -0.4 is 14.8 Å². The molecule has 0 bridgehead atoms. The van der Waals surface area contributed by atoms with Gasteiger partial charge in [-0.2, -0.15) is 4.31 Å². The summed E-state index contributed by atoms with van der Waals surface area (Å²) in [5.41, 5.74) is 0.338. The van der Waals surface area contributed by atoms with Gasteiger partial charge >= 0.3 is 0 Å². The van der Waals surface area contributed by atoms with Crippen LogP contribution in [-0.4, -0.2) is 83.9 Å². The molecule has 210 valence electrons. The van der Waals surface area contributed by atoms with E-state index in [1.54, 1.807) is 31.2 Å². The molecule has 3 N–H and O–H groups in total. The maximum absolute atomic E-state index is 13.2. The van der Waals surface area contributed by atoms with Gasteiger partial charge in [-0.15, -0.1) is 0 Å². The van der Waals surface area contributed by atoms with Crippen LogP contribution in [0.1, 0.15) is 24.8 Å². The number of sulfonamides is 2. The monoisotopic (exact) mass is 631 g/mol. The predicted molar refractivity (Wildman–Crippen MR) is 146 cm³/mol. The first-order chi connectivity index (χ1) is 17.9. The lowest BCUT2D eigenvalue weighted by atomic mass is 9.88. The Kier molecular flexibility index (Phi) is 9.20. The smallest absolute Gasteiger partial charge is 0.243 e. The van der Waals surface area contributed by atoms with Crippen LogP contribution >= 0.6 is 15.9 Å². The third-order valence-corrected chi connectivity index (χ3v) is 11.0. The highest BCUT2D eigenvalue weighted by atomic mass is 79.9. The van der Waals surface area contributed by atoms with Gasteiger partial charge in [0, 0.05) is 36.2 Å². The van der Waals surface area contributed by atoms with E-state index in [0.29, 0.717) is 48.7 Å². The van der Waals surface area contributed by atoms with Crippen LogP contribution in [0.3, 0.4) is 0 Å². The lowest BCUT2D eigenvalue weighted by Crippen LogP contribution is -2.47. The first-order valence-corrected chi connectivity index (χ1v) is 16.1. The molecule has 2 unspecified atom stereocenters. The normalized spacial score (nSPS) is 21.0. The van der Waals surface area contributed by atoms with Gasteiger partial charge in [-0.3, -0.25) is 0 Å². The third-order valence-electron chi connectivity index (χ3n) is 7.08. The summed E-state index contributed by atoms with van der Waals surface area (Å²) in [7, 11) is -5.83. The highest BCUT2D eigenvalue weighted by molar-refractivity contribution is 9.10. The number of rotatable bonds is 10. The number of halogens is 1. The van der Waals surface area contributed by atoms with Crippen molar-refractivity contribution in [1.82, 2.24) is 14.3 Å². The van der Waals surface area contributed by atoms with Gasteiger partial charge in [-0.1, -0.05) is 28.1 Å². The molecule has 0 aliphatic carbocycles. The fourth-order valence-electron chi connectivity index (χ4n) is 4.85. The molecule has 2 aliphatic rings. The number of hydrogen-bond donors (Lipinski definition) is 3. The molecule has 2 saturated heterocycles. The van der Waals surface area contributed by atoms with Gasteiger partial charge in [0.2, 0.25) is 20.0 Å². The van der Waals surface area contributed by atoms with Crippen LogP contribution in [0.4, 0.5) is 0 Å². The molecule has 2 aromatic rings. The minimum absolute atomic E-state index is 0.00336. The van der Waals surface area contributed by atoms with Crippen LogP contribution in [0.15, 0.2) is 56.7 Å². The molecule has 2 fully saturated rings. The van der Waals surface area contributed by atoms with Crippen molar-refractivity contribution in [3.63, 3.8) is 0 Å². The Labute approximate surface area is 232 Å². The summed E-state index contributed by atoms with van der Waals surface area (Å²) in [5.74, 6) is 0.350. The zero-order valence-corrected chi connectivity index (χ0v) is 24.6. The van der Waals surface area contributed by atoms with Crippen molar-refractivity contribution in [3.05, 3.63) is 52.5 Å². The summed E-state index contributed by atoms with van der Waals surface area (Å²) >= 11 is 3.37. The Hall–Kier alpha value is -1.58. The Bertz CT molecular complexity index is 1350. The average molecular weight is 633 g/mol. The third kappa shape index (κ3) is 6.76. The Morgan fingerprint density at radius 2 is 1.92 bits per heavy atom. The number of ether oxygens (including phenoxy) is 2. The number of aliphatic hydroxyl groups excluding tert-OH is 1. The van der Waals surface area contributed by atoms with Crippen molar-refractivity contribution < 1.29 is 31.4 Å². The van der Waals surface area contributed by atoms with Crippen LogP contribution in [0.25, 0.3) is 0 Å². The summed E-state index contributed by atoms with van der Waals surface area (Å²) in [4.78, 5) is 0.408. The van der Waals surface area contributed by atoms with Crippen molar-refractivity contribution in [1.29, 1.82) is 0 Å². The molecular weight excluding hydrogens is 598 g/mol. The largest absolute Gasteiger partial charge is 0.491 e. The standard InChI is InChI=1S/C25H34BrN3O7S2/c1-18-6-7-19(26)12-24(18)38(33,34)29-10-8-25(9-11-29)14-20(16-36-25)28-15-21(30)17-35-22-4-3-5-23(13-22)37(31,32)27-2/h3-7,12-13,20-21,27-28,30H,8-11,14-17H2,1-2H3. The number of aryl methyl sites for hydroxylation is 1. The molecule has 38 heavy (non-hydrogen) atoms. The molecule has 2 atom stereocenters. The van der Waals surface area contributed by atoms with Gasteiger partial charge in [0.25, 0.3) is 0 Å². The van der Waals surface area contributed by atoms with Gasteiger partial charge in [-0.05, 0) is 63.1 Å². The van der Waals surface area contributed by atoms with Crippen LogP contribution in [0.5, 0.6) is 5.75 Å². The van der Waals surface area contributed by atoms with E-state index in [1.807, 2.05) is 6.07 Å². The van der Waals surface area contributed by atoms with E-state index in [1.165, 1.54) is 23.5 Å². The highest BCUT2D eigenvalue weighted by Gasteiger charge is 2.45. The number of aliphatic hydroxyl groups is 1. The fourth-order valence-corrected chi connectivity index (χ4v) is 7.82. The first-order valence-electron chi connectivity index (χ1n) is 12.4. The SMILES string of the molecule is CNS(=O)(=O)c1cccc(OCC(O)CNC2COC3(CCN(S(=O)(=O)c4cc(Br)ccc4C)CC3)C2)c1. The molecule has 0 amide bonds. The lowest BCUT2D eigenvalue weighted by Gasteiger charge is -2.38. The Morgan fingerprint density at radius 3 is 2.63 bits per heavy atom. The zero-order chi connectivity index (χ0) is 27.6. The summed E-state index contributed by atoms with van der Waals surface area (Å²) in [6, 6.07) is 11.4. The van der Waals surface area contributed by atoms with Gasteiger partial charge in [0.1, 0.15) is 18.5 Å². The second-order valence-electron chi connectivity index (χ2n) is 9.76. The molecule has 2 aliphatic heterocycles. The first kappa shape index (κ1) is 29.4. The molecule has 10 nitrogen and oxygen atoms in total. The summed E-state index contributed by atoms with van der Waals surface area (Å²) in [5, 5.41) is 13.7. The van der Waals surface area contributed by atoms with Crippen LogP contribution in [-0.2, 0) is 24.8 Å². The van der Waals surface area contributed by atoms with Crippen LogP contribution in [0.2, 0.25) is 0 Å². The van der Waals surface area contributed by atoms with E-state index >= 15 is 0 Å². The summed E-state index contributed by atoms with van der Waals surface area (Å²) < 4.78 is 66.6. The number of hydrogen-bond acceptors (Lipinski definition) is 8. The summed E-state index contributed by atoms with van der Waals surface area (Å²) in [6.45, 7) is 3.33. The molecule has 2 heterocycles. The zero-order valence-electron chi connectivity index (χ0n) is 21.4. The second-order valence-corrected chi connectivity index (χ2v) is 14.5. The molecule has 0 saturated carbocycles. The van der Waals surface area contributed by atoms with E-state index < -0.39 is 26.2 Å². The van der Waals surface area contributed by atoms with Crippen LogP contribution in [0, 0.1) is 6.92 Å². The maximum Gasteiger partial charge on any atom is 0.243 e. The van der Waals surface area contributed by atoms with Crippen molar-refractivity contribution >= 4 is 36.0 Å². The number of nitrogens with zero attached hydrogens (tertiary/aromatic N) is 1. The van der Waals surface area contributed by atoms with Gasteiger partial charge in [0.15, 0.2) is 0 Å². The van der Waals surface area contributed by atoms with Gasteiger partial charge in [0.05, 0.1) is 22.0 Å². The van der Waals surface area contributed by atoms with E-state index in [2.05, 4.69) is 26.0 Å². The number of benzene rings is 2. The molecule has 1 spiro atoms.